The largest absolute Gasteiger partial charge is 0.506 e. The Labute approximate surface area is 339 Å². The van der Waals surface area contributed by atoms with Crippen molar-refractivity contribution in [2.45, 2.75) is 116 Å². The second-order valence-electron chi connectivity index (χ2n) is 18.3. The zero-order valence-corrected chi connectivity index (χ0v) is 34.7. The Morgan fingerprint density at radius 3 is 2.53 bits per heavy atom. The molecule has 1 saturated heterocycles. The number of allylic oxidation sites excluding steroid dienone is 4. The van der Waals surface area contributed by atoms with E-state index in [4.69, 9.17) is 24.2 Å². The maximum absolute atomic E-state index is 15.6. The lowest BCUT2D eigenvalue weighted by atomic mass is 9.44. The third-order valence-electron chi connectivity index (χ3n) is 13.6. The molecule has 3 aliphatic carbocycles. The van der Waals surface area contributed by atoms with Crippen molar-refractivity contribution in [3.8, 4) is 17.2 Å². The van der Waals surface area contributed by atoms with Crippen LogP contribution in [-0.2, 0) is 20.7 Å². The molecular formula is C47H54N4O7. The van der Waals surface area contributed by atoms with Gasteiger partial charge in [-0.3, -0.25) is 9.59 Å². The van der Waals surface area contributed by atoms with E-state index >= 15 is 4.79 Å². The summed E-state index contributed by atoms with van der Waals surface area (Å²) in [4.78, 5) is 39.2. The number of aliphatic hydroxyl groups is 1. The number of fused-ring (bicyclic) bond motifs is 6. The number of hydrogen-bond acceptors (Lipinski definition) is 9. The average Bonchev–Trinajstić information content (AvgIpc) is 3.61. The van der Waals surface area contributed by atoms with E-state index < -0.39 is 40.3 Å². The number of ether oxygens (including phenoxy) is 3. The number of aromatic nitrogens is 2. The maximum Gasteiger partial charge on any atom is 0.246 e. The first-order chi connectivity index (χ1) is 27.6. The summed E-state index contributed by atoms with van der Waals surface area (Å²) in [6.07, 6.45) is 12.8. The van der Waals surface area contributed by atoms with Crippen molar-refractivity contribution in [1.29, 1.82) is 0 Å². The number of aliphatic hydroxyl groups excluding tert-OH is 1. The molecule has 1 aromatic heterocycles. The second kappa shape index (κ2) is 13.3. The van der Waals surface area contributed by atoms with E-state index in [1.807, 2.05) is 50.3 Å². The van der Waals surface area contributed by atoms with Crippen LogP contribution in [0.1, 0.15) is 104 Å². The van der Waals surface area contributed by atoms with Gasteiger partial charge in [-0.25, -0.2) is 9.98 Å². The van der Waals surface area contributed by atoms with Gasteiger partial charge in [0.1, 0.15) is 22.8 Å². The number of aromatic hydroxyl groups is 1. The quantitative estimate of drug-likeness (QED) is 0.140. The van der Waals surface area contributed by atoms with Crippen LogP contribution in [0.25, 0.3) is 17.1 Å². The molecule has 1 amide bonds. The molecule has 7 atom stereocenters. The van der Waals surface area contributed by atoms with Crippen molar-refractivity contribution in [3.05, 3.63) is 82.0 Å². The van der Waals surface area contributed by atoms with Gasteiger partial charge >= 0.3 is 0 Å². The normalized spacial score (nSPS) is 30.3. The van der Waals surface area contributed by atoms with E-state index in [0.29, 0.717) is 52.7 Å². The molecule has 3 saturated carbocycles. The number of hydrogen-bond donors (Lipinski definition) is 3. The molecule has 4 aliphatic heterocycles. The van der Waals surface area contributed by atoms with Gasteiger partial charge in [-0.1, -0.05) is 41.5 Å². The minimum absolute atomic E-state index is 0.0242. The number of nitrogens with zero attached hydrogens (tertiary/aromatic N) is 3. The minimum Gasteiger partial charge on any atom is -0.506 e. The summed E-state index contributed by atoms with van der Waals surface area (Å²) in [5.41, 5.74) is 2.63. The fourth-order valence-electron chi connectivity index (χ4n) is 11.1. The van der Waals surface area contributed by atoms with E-state index in [-0.39, 0.29) is 42.9 Å². The van der Waals surface area contributed by atoms with Gasteiger partial charge in [0.15, 0.2) is 17.0 Å². The second-order valence-corrected chi connectivity index (χ2v) is 18.3. The molecule has 3 aromatic rings. The molecule has 10 rings (SSSR count). The van der Waals surface area contributed by atoms with Crippen LogP contribution in [0.5, 0.6) is 17.2 Å². The summed E-state index contributed by atoms with van der Waals surface area (Å²) in [7, 11) is 0. The molecule has 7 aliphatic rings. The smallest absolute Gasteiger partial charge is 0.246 e. The maximum atomic E-state index is 15.6. The molecule has 5 heterocycles. The zero-order chi connectivity index (χ0) is 41.1. The third kappa shape index (κ3) is 5.31. The molecule has 7 unspecified atom stereocenters. The lowest BCUT2D eigenvalue weighted by molar-refractivity contribution is -0.206. The number of phenolic OH excluding ortho intramolecular Hbond substituents is 1. The molecule has 3 N–H and O–H groups in total. The number of nitrogens with one attached hydrogen (secondary N) is 1. The van der Waals surface area contributed by atoms with Gasteiger partial charge in [-0.2, -0.15) is 0 Å². The number of phenols is 1. The molecule has 58 heavy (non-hydrogen) atoms. The van der Waals surface area contributed by atoms with Gasteiger partial charge in [0, 0.05) is 35.9 Å². The number of carbonyl (C=O) groups is 2. The van der Waals surface area contributed by atoms with Crippen molar-refractivity contribution in [1.82, 2.24) is 14.9 Å². The Morgan fingerprint density at radius 2 is 1.79 bits per heavy atom. The summed E-state index contributed by atoms with van der Waals surface area (Å²) in [6.45, 7) is 16.1. The first kappa shape index (κ1) is 38.5. The number of amides is 1. The van der Waals surface area contributed by atoms with Gasteiger partial charge in [0.25, 0.3) is 0 Å². The summed E-state index contributed by atoms with van der Waals surface area (Å²) >= 11 is 0. The van der Waals surface area contributed by atoms with Crippen LogP contribution in [0, 0.1) is 17.8 Å². The predicted octanol–water partition coefficient (Wildman–Crippen LogP) is 7.80. The van der Waals surface area contributed by atoms with Crippen molar-refractivity contribution in [2.24, 2.45) is 22.7 Å². The van der Waals surface area contributed by atoms with Gasteiger partial charge in [0.05, 0.1) is 52.0 Å². The third-order valence-corrected chi connectivity index (χ3v) is 13.6. The fourth-order valence-corrected chi connectivity index (χ4v) is 11.1. The SMILES string of the molecule is CC(C)=CCCC1(C)C=Cc2c(O)c3c(c(CC=C(C)C)c2O1)OC12C4C3=Nc3nc5ccccc5n3C4C3CC1C(C)(C)OC2(CC=C(C)C(=O)NCCO)C3=O. The number of imidazole rings is 1. The number of Topliss-reactive ketones (excluding diaryl/α,β-unsaturated/α-hetero) is 1. The van der Waals surface area contributed by atoms with Gasteiger partial charge in [0.2, 0.25) is 11.9 Å². The van der Waals surface area contributed by atoms with Crippen LogP contribution in [-0.4, -0.2) is 72.7 Å². The predicted molar refractivity (Wildman–Crippen MR) is 223 cm³/mol. The van der Waals surface area contributed by atoms with Gasteiger partial charge in [-0.15, -0.1) is 0 Å². The van der Waals surface area contributed by atoms with Crippen molar-refractivity contribution < 1.29 is 34.0 Å². The Bertz CT molecular complexity index is 2440. The Kier molecular flexibility index (Phi) is 8.80. The highest BCUT2D eigenvalue weighted by molar-refractivity contribution is 6.14. The number of rotatable bonds is 10. The summed E-state index contributed by atoms with van der Waals surface area (Å²) in [6, 6.07) is 7.49. The van der Waals surface area contributed by atoms with Crippen molar-refractivity contribution >= 4 is 40.5 Å². The van der Waals surface area contributed by atoms with E-state index in [9.17, 15) is 15.0 Å². The molecule has 304 valence electrons. The monoisotopic (exact) mass is 786 g/mol. The highest BCUT2D eigenvalue weighted by Crippen LogP contribution is 2.74. The topological polar surface area (TPSA) is 145 Å². The molecule has 1 spiro atoms. The summed E-state index contributed by atoms with van der Waals surface area (Å²) in [5, 5.41) is 24.7. The first-order valence-corrected chi connectivity index (χ1v) is 20.7. The molecule has 11 nitrogen and oxygen atoms in total. The van der Waals surface area contributed by atoms with Crippen LogP contribution >= 0.6 is 0 Å². The van der Waals surface area contributed by atoms with Crippen LogP contribution in [0.3, 0.4) is 0 Å². The van der Waals surface area contributed by atoms with E-state index in [0.717, 1.165) is 35.0 Å². The van der Waals surface area contributed by atoms with Crippen LogP contribution in [0.2, 0.25) is 0 Å². The number of ketones is 1. The number of aliphatic imine (C=N–C) groups is 1. The first-order valence-electron chi connectivity index (χ1n) is 20.7. The Morgan fingerprint density at radius 1 is 1.03 bits per heavy atom. The van der Waals surface area contributed by atoms with Gasteiger partial charge < -0.3 is 34.3 Å². The molecule has 0 radical (unpaired) electrons. The standard InChI is InChI=1S/C47H54N4O7/c1-25(2)12-11-19-45(8)20-18-28-38(53)34-36-35-37(51-32-14-10-9-13-31(32)49-43(51)50-36)30-24-33-44(6,7)58-46(41(30)54,21-17-27(5)42(55)48-22-23-52)47(33,35)57-40(34)29(39(28)56-45)16-15-26(3)4/h9-10,12-15,17-18,20,30,33,35,37,52-53H,11,16,19,21-24H2,1-8H3,(H,48,55). The number of carbonyl (C=O) groups excluding carboxylic acids is 2. The summed E-state index contributed by atoms with van der Waals surface area (Å²) in [5.74, 6) is -0.158. The van der Waals surface area contributed by atoms with Crippen LogP contribution < -0.4 is 14.8 Å². The van der Waals surface area contributed by atoms with Crippen LogP contribution in [0.15, 0.2) is 70.3 Å². The zero-order valence-electron chi connectivity index (χ0n) is 34.7. The van der Waals surface area contributed by atoms with E-state index in [1.54, 1.807) is 13.0 Å². The van der Waals surface area contributed by atoms with Gasteiger partial charge in [-0.05, 0) is 105 Å². The van der Waals surface area contributed by atoms with E-state index in [1.165, 1.54) is 5.57 Å². The number of para-hydroxylation sites is 2. The molecule has 2 aromatic carbocycles. The number of benzene rings is 2. The average molecular weight is 787 g/mol. The van der Waals surface area contributed by atoms with Crippen LogP contribution in [0.4, 0.5) is 5.95 Å². The molecular weight excluding hydrogens is 733 g/mol. The fraction of sp³-hybridized carbons (Fsp3) is 0.489. The van der Waals surface area contributed by atoms with Crippen molar-refractivity contribution in [3.63, 3.8) is 0 Å². The molecule has 11 heteroatoms. The van der Waals surface area contributed by atoms with Crippen molar-refractivity contribution in [2.75, 3.05) is 13.2 Å². The molecule has 4 bridgehead atoms. The highest BCUT2D eigenvalue weighted by Gasteiger charge is 2.85. The Balaban J connectivity index is 1.33. The van der Waals surface area contributed by atoms with E-state index in [2.05, 4.69) is 56.7 Å². The lowest BCUT2D eigenvalue weighted by Gasteiger charge is -2.64. The lowest BCUT2D eigenvalue weighted by Crippen LogP contribution is -2.79. The minimum atomic E-state index is -1.50. The highest BCUT2D eigenvalue weighted by atomic mass is 16.6. The summed E-state index contributed by atoms with van der Waals surface area (Å²) < 4.78 is 24.1. The molecule has 4 fully saturated rings. The Hall–Kier alpha value is -5.00.